The summed E-state index contributed by atoms with van der Waals surface area (Å²) in [5.41, 5.74) is 0. The second-order valence-electron chi connectivity index (χ2n) is 4.73. The topological polar surface area (TPSA) is 55.8 Å². The first-order chi connectivity index (χ1) is 8.95. The summed E-state index contributed by atoms with van der Waals surface area (Å²) in [4.78, 5) is 0.207. The second kappa shape index (κ2) is 5.48. The van der Waals surface area contributed by atoms with Gasteiger partial charge in [0.25, 0.3) is 0 Å². The van der Waals surface area contributed by atoms with Crippen molar-refractivity contribution in [1.82, 2.24) is 4.31 Å². The van der Waals surface area contributed by atoms with E-state index in [1.165, 1.54) is 11.4 Å². The number of sulfonamides is 1. The van der Waals surface area contributed by atoms with Crippen molar-refractivity contribution in [3.05, 3.63) is 24.3 Å². The van der Waals surface area contributed by atoms with E-state index in [1.54, 1.807) is 24.3 Å². The molecule has 2 atom stereocenters. The quantitative estimate of drug-likeness (QED) is 0.844. The maximum atomic E-state index is 12.6. The molecule has 1 aromatic rings. The number of nitrogens with zero attached hydrogens (tertiary/aromatic N) is 1. The summed E-state index contributed by atoms with van der Waals surface area (Å²) >= 11 is 0. The summed E-state index contributed by atoms with van der Waals surface area (Å²) < 4.78 is 37.5. The molecule has 1 saturated heterocycles. The largest absolute Gasteiger partial charge is 0.495 e. The van der Waals surface area contributed by atoms with Gasteiger partial charge >= 0.3 is 0 Å². The maximum absolute atomic E-state index is 12.6. The summed E-state index contributed by atoms with van der Waals surface area (Å²) in [5, 5.41) is 0. The molecule has 1 fully saturated rings. The first-order valence-corrected chi connectivity index (χ1v) is 7.67. The van der Waals surface area contributed by atoms with Gasteiger partial charge < -0.3 is 9.47 Å². The number of rotatable bonds is 3. The van der Waals surface area contributed by atoms with Gasteiger partial charge in [0, 0.05) is 13.1 Å². The lowest BCUT2D eigenvalue weighted by Gasteiger charge is -2.34. The molecule has 0 saturated carbocycles. The Morgan fingerprint density at radius 2 is 1.79 bits per heavy atom. The SMILES string of the molecule is COc1ccccc1S(=O)(=O)N1C[C@@H](C)O[C@@H](C)C1. The lowest BCUT2D eigenvalue weighted by molar-refractivity contribution is -0.0441. The van der Waals surface area contributed by atoms with Crippen molar-refractivity contribution in [2.24, 2.45) is 0 Å². The fourth-order valence-electron chi connectivity index (χ4n) is 2.30. The van der Waals surface area contributed by atoms with Crippen molar-refractivity contribution in [3.63, 3.8) is 0 Å². The Balaban J connectivity index is 2.36. The highest BCUT2D eigenvalue weighted by Crippen LogP contribution is 2.28. The van der Waals surface area contributed by atoms with E-state index in [2.05, 4.69) is 0 Å². The summed E-state index contributed by atoms with van der Waals surface area (Å²) in [5.74, 6) is 0.370. The minimum atomic E-state index is -3.54. The molecule has 106 valence electrons. The number of morpholine rings is 1. The summed E-state index contributed by atoms with van der Waals surface area (Å²) in [7, 11) is -2.07. The Hall–Kier alpha value is -1.11. The predicted octanol–water partition coefficient (Wildman–Crippen LogP) is 1.49. The molecule has 1 aromatic carbocycles. The van der Waals surface area contributed by atoms with Crippen LogP contribution < -0.4 is 4.74 Å². The van der Waals surface area contributed by atoms with Crippen LogP contribution in [0, 0.1) is 0 Å². The molecular weight excluding hydrogens is 266 g/mol. The Morgan fingerprint density at radius 1 is 1.21 bits per heavy atom. The third-order valence-corrected chi connectivity index (χ3v) is 4.94. The van der Waals surface area contributed by atoms with Gasteiger partial charge in [0.2, 0.25) is 10.0 Å². The molecular formula is C13H19NO4S. The number of hydrogen-bond acceptors (Lipinski definition) is 4. The number of hydrogen-bond donors (Lipinski definition) is 0. The third-order valence-electron chi connectivity index (χ3n) is 3.07. The van der Waals surface area contributed by atoms with Crippen LogP contribution in [0.5, 0.6) is 5.75 Å². The Morgan fingerprint density at radius 3 is 2.37 bits per heavy atom. The summed E-state index contributed by atoms with van der Waals surface area (Å²) in [6.07, 6.45) is -0.207. The van der Waals surface area contributed by atoms with Crippen LogP contribution in [0.15, 0.2) is 29.2 Å². The van der Waals surface area contributed by atoms with E-state index >= 15 is 0 Å². The van der Waals surface area contributed by atoms with E-state index in [-0.39, 0.29) is 17.1 Å². The standard InChI is InChI=1S/C13H19NO4S/c1-10-8-14(9-11(2)18-10)19(15,16)13-7-5-4-6-12(13)17-3/h4-7,10-11H,8-9H2,1-3H3/t10-,11+. The average molecular weight is 285 g/mol. The number of para-hydroxylation sites is 1. The van der Waals surface area contributed by atoms with Crippen molar-refractivity contribution < 1.29 is 17.9 Å². The molecule has 0 amide bonds. The minimum Gasteiger partial charge on any atom is -0.495 e. The lowest BCUT2D eigenvalue weighted by Crippen LogP contribution is -2.48. The lowest BCUT2D eigenvalue weighted by atomic mass is 10.3. The van der Waals surface area contributed by atoms with Gasteiger partial charge in [-0.1, -0.05) is 12.1 Å². The number of ether oxygens (including phenoxy) is 2. The van der Waals surface area contributed by atoms with Crippen LogP contribution in [0.4, 0.5) is 0 Å². The average Bonchev–Trinajstić information content (AvgIpc) is 2.37. The molecule has 0 aliphatic carbocycles. The zero-order chi connectivity index (χ0) is 14.0. The molecule has 0 radical (unpaired) electrons. The number of benzene rings is 1. The third kappa shape index (κ3) is 2.91. The molecule has 19 heavy (non-hydrogen) atoms. The van der Waals surface area contributed by atoms with Gasteiger partial charge in [-0.05, 0) is 26.0 Å². The molecule has 1 aliphatic rings. The summed E-state index contributed by atoms with van der Waals surface area (Å²) in [6, 6.07) is 6.67. The van der Waals surface area contributed by atoms with Gasteiger partial charge in [0.15, 0.2) is 0 Å². The fraction of sp³-hybridized carbons (Fsp3) is 0.538. The fourth-order valence-corrected chi connectivity index (χ4v) is 4.04. The van der Waals surface area contributed by atoms with E-state index in [0.29, 0.717) is 18.8 Å². The van der Waals surface area contributed by atoms with Crippen molar-refractivity contribution in [2.45, 2.75) is 31.0 Å². The van der Waals surface area contributed by atoms with Crippen LogP contribution in [0.2, 0.25) is 0 Å². The van der Waals surface area contributed by atoms with Gasteiger partial charge in [0.1, 0.15) is 10.6 Å². The van der Waals surface area contributed by atoms with E-state index in [0.717, 1.165) is 0 Å². The van der Waals surface area contributed by atoms with E-state index < -0.39 is 10.0 Å². The van der Waals surface area contributed by atoms with E-state index in [4.69, 9.17) is 9.47 Å². The molecule has 6 heteroatoms. The highest BCUT2D eigenvalue weighted by molar-refractivity contribution is 7.89. The Bertz CT molecular complexity index is 533. The highest BCUT2D eigenvalue weighted by Gasteiger charge is 2.33. The van der Waals surface area contributed by atoms with Gasteiger partial charge in [-0.3, -0.25) is 0 Å². The molecule has 0 bridgehead atoms. The molecule has 5 nitrogen and oxygen atoms in total. The molecule has 0 spiro atoms. The van der Waals surface area contributed by atoms with Crippen LogP contribution in [0.3, 0.4) is 0 Å². The molecule has 0 unspecified atom stereocenters. The minimum absolute atomic E-state index is 0.103. The number of methoxy groups -OCH3 is 1. The van der Waals surface area contributed by atoms with E-state index in [9.17, 15) is 8.42 Å². The molecule has 2 rings (SSSR count). The van der Waals surface area contributed by atoms with Gasteiger partial charge in [-0.2, -0.15) is 4.31 Å². The van der Waals surface area contributed by atoms with Crippen molar-refractivity contribution in [2.75, 3.05) is 20.2 Å². The normalized spacial score (nSPS) is 25.2. The zero-order valence-electron chi connectivity index (χ0n) is 11.4. The van der Waals surface area contributed by atoms with Gasteiger partial charge in [-0.25, -0.2) is 8.42 Å². The molecule has 0 aromatic heterocycles. The molecule has 0 N–H and O–H groups in total. The van der Waals surface area contributed by atoms with Gasteiger partial charge in [-0.15, -0.1) is 0 Å². The molecule has 1 heterocycles. The smallest absolute Gasteiger partial charge is 0.246 e. The van der Waals surface area contributed by atoms with Crippen LogP contribution in [-0.2, 0) is 14.8 Å². The second-order valence-corrected chi connectivity index (χ2v) is 6.64. The highest BCUT2D eigenvalue weighted by atomic mass is 32.2. The first-order valence-electron chi connectivity index (χ1n) is 6.23. The van der Waals surface area contributed by atoms with Crippen LogP contribution in [0.25, 0.3) is 0 Å². The van der Waals surface area contributed by atoms with E-state index in [1.807, 2.05) is 13.8 Å². The molecule has 1 aliphatic heterocycles. The van der Waals surface area contributed by atoms with Crippen LogP contribution in [-0.4, -0.2) is 45.1 Å². The van der Waals surface area contributed by atoms with Crippen LogP contribution >= 0.6 is 0 Å². The Kier molecular flexibility index (Phi) is 4.13. The predicted molar refractivity (Wildman–Crippen MR) is 71.8 cm³/mol. The zero-order valence-corrected chi connectivity index (χ0v) is 12.2. The maximum Gasteiger partial charge on any atom is 0.246 e. The summed E-state index contributed by atoms with van der Waals surface area (Å²) in [6.45, 7) is 4.48. The van der Waals surface area contributed by atoms with Crippen molar-refractivity contribution >= 4 is 10.0 Å². The monoisotopic (exact) mass is 285 g/mol. The first kappa shape index (κ1) is 14.3. The van der Waals surface area contributed by atoms with Gasteiger partial charge in [0.05, 0.1) is 19.3 Å². The van der Waals surface area contributed by atoms with Crippen molar-refractivity contribution in [3.8, 4) is 5.75 Å². The van der Waals surface area contributed by atoms with Crippen molar-refractivity contribution in [1.29, 1.82) is 0 Å². The Labute approximate surface area is 114 Å². The van der Waals surface area contributed by atoms with Crippen LogP contribution in [0.1, 0.15) is 13.8 Å².